The number of H-pyrrole nitrogens is 1. The minimum atomic E-state index is 0.668. The Kier molecular flexibility index (Phi) is 4.84. The second-order valence-corrected chi connectivity index (χ2v) is 8.19. The topological polar surface area (TPSA) is 82.2 Å². The van der Waals surface area contributed by atoms with E-state index >= 15 is 0 Å². The van der Waals surface area contributed by atoms with E-state index in [1.165, 1.54) is 16.8 Å². The number of hydrogen-bond acceptors (Lipinski definition) is 7. The van der Waals surface area contributed by atoms with E-state index in [2.05, 4.69) is 78.6 Å². The van der Waals surface area contributed by atoms with Crippen molar-refractivity contribution >= 4 is 34.3 Å². The highest BCUT2D eigenvalue weighted by Crippen LogP contribution is 2.28. The first kappa shape index (κ1) is 19.1. The van der Waals surface area contributed by atoms with Crippen LogP contribution in [0.15, 0.2) is 54.9 Å². The number of hydrogen-bond donors (Lipinski definition) is 2. The van der Waals surface area contributed by atoms with E-state index in [1.54, 1.807) is 6.33 Å². The van der Waals surface area contributed by atoms with Crippen LogP contribution in [-0.2, 0) is 17.7 Å². The zero-order valence-corrected chi connectivity index (χ0v) is 17.8. The maximum atomic E-state index is 5.45. The van der Waals surface area contributed by atoms with E-state index in [4.69, 9.17) is 9.72 Å². The molecule has 2 aliphatic rings. The molecule has 2 aliphatic heterocycles. The SMILES string of the molecule is c1ccc2c(c1)CCN(c1nc3ncnc(Nc4ccc(N5CCOCC5)cc4)c3[nH]1)C2. The highest BCUT2D eigenvalue weighted by Gasteiger charge is 2.20. The quantitative estimate of drug-likeness (QED) is 0.516. The van der Waals surface area contributed by atoms with Crippen LogP contribution in [0, 0.1) is 0 Å². The smallest absolute Gasteiger partial charge is 0.205 e. The number of benzene rings is 2. The number of aromatic amines is 1. The van der Waals surface area contributed by atoms with Crippen molar-refractivity contribution in [2.75, 3.05) is 48.0 Å². The molecule has 0 aliphatic carbocycles. The molecule has 0 saturated carbocycles. The number of nitrogens with zero attached hydrogens (tertiary/aromatic N) is 5. The molecule has 0 spiro atoms. The van der Waals surface area contributed by atoms with Crippen molar-refractivity contribution in [3.8, 4) is 0 Å². The van der Waals surface area contributed by atoms with Gasteiger partial charge in [0, 0.05) is 37.6 Å². The molecule has 1 fully saturated rings. The molecule has 0 atom stereocenters. The van der Waals surface area contributed by atoms with Crippen molar-refractivity contribution in [3.05, 3.63) is 66.0 Å². The van der Waals surface area contributed by atoms with Crippen molar-refractivity contribution < 1.29 is 4.74 Å². The van der Waals surface area contributed by atoms with E-state index in [0.29, 0.717) is 5.65 Å². The van der Waals surface area contributed by atoms with Gasteiger partial charge in [-0.3, -0.25) is 0 Å². The number of ether oxygens (including phenoxy) is 1. The van der Waals surface area contributed by atoms with Gasteiger partial charge < -0.3 is 24.8 Å². The van der Waals surface area contributed by atoms with Gasteiger partial charge in [-0.25, -0.2) is 9.97 Å². The summed E-state index contributed by atoms with van der Waals surface area (Å²) in [6, 6.07) is 17.0. The monoisotopic (exact) mass is 427 g/mol. The Labute approximate surface area is 186 Å². The Hall–Kier alpha value is -3.65. The van der Waals surface area contributed by atoms with Gasteiger partial charge in [0.25, 0.3) is 0 Å². The second kappa shape index (κ2) is 8.12. The summed E-state index contributed by atoms with van der Waals surface area (Å²) in [5.41, 5.74) is 6.44. The van der Waals surface area contributed by atoms with E-state index in [-0.39, 0.29) is 0 Å². The molecule has 2 N–H and O–H groups in total. The molecule has 8 nitrogen and oxygen atoms in total. The van der Waals surface area contributed by atoms with Gasteiger partial charge in [-0.15, -0.1) is 0 Å². The number of aromatic nitrogens is 4. The zero-order chi connectivity index (χ0) is 21.3. The summed E-state index contributed by atoms with van der Waals surface area (Å²) in [5, 5.41) is 3.42. The van der Waals surface area contributed by atoms with Gasteiger partial charge >= 0.3 is 0 Å². The summed E-state index contributed by atoms with van der Waals surface area (Å²) in [6.07, 6.45) is 2.57. The van der Waals surface area contributed by atoms with Gasteiger partial charge in [0.1, 0.15) is 11.8 Å². The number of rotatable bonds is 4. The first-order valence-electron chi connectivity index (χ1n) is 11.1. The standard InChI is InChI=1S/C24H25N7O/c1-2-4-18-15-31(10-9-17(18)3-1)24-28-21-22(25-16-26-23(21)29-24)27-19-5-7-20(8-6-19)30-11-13-32-14-12-30/h1-8,16H,9-15H2,(H2,25,26,27,28,29). The minimum absolute atomic E-state index is 0.668. The average Bonchev–Trinajstić information content (AvgIpc) is 3.30. The molecule has 4 aromatic rings. The molecule has 6 rings (SSSR count). The van der Waals surface area contributed by atoms with Crippen molar-refractivity contribution in [1.29, 1.82) is 0 Å². The molecule has 32 heavy (non-hydrogen) atoms. The highest BCUT2D eigenvalue weighted by atomic mass is 16.5. The second-order valence-electron chi connectivity index (χ2n) is 8.19. The van der Waals surface area contributed by atoms with E-state index in [0.717, 1.165) is 68.8 Å². The molecular weight excluding hydrogens is 402 g/mol. The lowest BCUT2D eigenvalue weighted by Crippen LogP contribution is -2.36. The fraction of sp³-hybridized carbons (Fsp3) is 0.292. The Bertz CT molecular complexity index is 1230. The lowest BCUT2D eigenvalue weighted by molar-refractivity contribution is 0.122. The number of anilines is 4. The average molecular weight is 428 g/mol. The molecule has 2 aromatic heterocycles. The first-order chi connectivity index (χ1) is 15.8. The Balaban J connectivity index is 1.23. The lowest BCUT2D eigenvalue weighted by atomic mass is 10.0. The predicted octanol–water partition coefficient (Wildman–Crippen LogP) is 3.50. The Morgan fingerprint density at radius 2 is 1.69 bits per heavy atom. The van der Waals surface area contributed by atoms with Gasteiger partial charge in [0.05, 0.1) is 13.2 Å². The summed E-state index contributed by atoms with van der Waals surface area (Å²) in [4.78, 5) is 21.7. The van der Waals surface area contributed by atoms with Gasteiger partial charge in [-0.2, -0.15) is 4.98 Å². The molecule has 1 saturated heterocycles. The lowest BCUT2D eigenvalue weighted by Gasteiger charge is -2.28. The number of morpholine rings is 1. The van der Waals surface area contributed by atoms with Gasteiger partial charge in [0.2, 0.25) is 5.95 Å². The van der Waals surface area contributed by atoms with E-state index in [9.17, 15) is 0 Å². The highest BCUT2D eigenvalue weighted by molar-refractivity contribution is 5.86. The third-order valence-corrected chi connectivity index (χ3v) is 6.21. The zero-order valence-electron chi connectivity index (χ0n) is 17.8. The van der Waals surface area contributed by atoms with Crippen LogP contribution in [0.5, 0.6) is 0 Å². The summed E-state index contributed by atoms with van der Waals surface area (Å²) >= 11 is 0. The number of fused-ring (bicyclic) bond motifs is 2. The third kappa shape index (κ3) is 3.62. The summed E-state index contributed by atoms with van der Waals surface area (Å²) < 4.78 is 5.45. The normalized spacial score (nSPS) is 16.2. The summed E-state index contributed by atoms with van der Waals surface area (Å²) in [6.45, 7) is 5.19. The van der Waals surface area contributed by atoms with Crippen LogP contribution < -0.4 is 15.1 Å². The molecule has 162 valence electrons. The van der Waals surface area contributed by atoms with Crippen molar-refractivity contribution in [2.24, 2.45) is 0 Å². The molecule has 4 heterocycles. The maximum Gasteiger partial charge on any atom is 0.205 e. The van der Waals surface area contributed by atoms with E-state index in [1.807, 2.05) is 0 Å². The maximum absolute atomic E-state index is 5.45. The predicted molar refractivity (Wildman–Crippen MR) is 126 cm³/mol. The van der Waals surface area contributed by atoms with Crippen molar-refractivity contribution in [2.45, 2.75) is 13.0 Å². The molecular formula is C24H25N7O. The largest absolute Gasteiger partial charge is 0.378 e. The molecule has 0 radical (unpaired) electrons. The van der Waals surface area contributed by atoms with Gasteiger partial charge in [0.15, 0.2) is 11.5 Å². The molecule has 0 amide bonds. The third-order valence-electron chi connectivity index (χ3n) is 6.21. The van der Waals surface area contributed by atoms with E-state index < -0.39 is 0 Å². The molecule has 0 bridgehead atoms. The van der Waals surface area contributed by atoms with Crippen LogP contribution in [0.25, 0.3) is 11.2 Å². The van der Waals surface area contributed by atoms with Crippen molar-refractivity contribution in [1.82, 2.24) is 19.9 Å². The molecule has 8 heteroatoms. The Morgan fingerprint density at radius 1 is 0.875 bits per heavy atom. The first-order valence-corrected chi connectivity index (χ1v) is 11.1. The number of nitrogens with one attached hydrogen (secondary N) is 2. The number of imidazole rings is 1. The van der Waals surface area contributed by atoms with Crippen LogP contribution in [0.3, 0.4) is 0 Å². The minimum Gasteiger partial charge on any atom is -0.378 e. The van der Waals surface area contributed by atoms with Gasteiger partial charge in [-0.05, 0) is 41.8 Å². The van der Waals surface area contributed by atoms with Crippen molar-refractivity contribution in [3.63, 3.8) is 0 Å². The Morgan fingerprint density at radius 3 is 2.53 bits per heavy atom. The van der Waals surface area contributed by atoms with Crippen LogP contribution in [0.4, 0.5) is 23.1 Å². The van der Waals surface area contributed by atoms with Gasteiger partial charge in [-0.1, -0.05) is 24.3 Å². The van der Waals surface area contributed by atoms with Crippen LogP contribution in [-0.4, -0.2) is 52.8 Å². The van der Waals surface area contributed by atoms with Crippen LogP contribution >= 0.6 is 0 Å². The van der Waals surface area contributed by atoms with Crippen LogP contribution in [0.1, 0.15) is 11.1 Å². The fourth-order valence-electron chi connectivity index (χ4n) is 4.45. The molecule has 2 aromatic carbocycles. The fourth-order valence-corrected chi connectivity index (χ4v) is 4.45. The summed E-state index contributed by atoms with van der Waals surface area (Å²) in [5.74, 6) is 1.56. The molecule has 0 unspecified atom stereocenters. The summed E-state index contributed by atoms with van der Waals surface area (Å²) in [7, 11) is 0. The van der Waals surface area contributed by atoms with Crippen LogP contribution in [0.2, 0.25) is 0 Å².